The number of aromatic nitrogens is 1. The highest BCUT2D eigenvalue weighted by atomic mass is 16.8. The molecule has 0 saturated heterocycles. The topological polar surface area (TPSA) is 32.6 Å². The Bertz CT molecular complexity index is 1020. The summed E-state index contributed by atoms with van der Waals surface area (Å²) in [5.74, 6) is 0.885. The normalized spacial score (nSPS) is 10.9. The summed E-state index contributed by atoms with van der Waals surface area (Å²) in [7, 11) is 1.61. The van der Waals surface area contributed by atoms with E-state index in [1.165, 1.54) is 16.7 Å². The van der Waals surface area contributed by atoms with Gasteiger partial charge in [-0.2, -0.15) is 4.73 Å². The third-order valence-corrected chi connectivity index (χ3v) is 4.61. The van der Waals surface area contributed by atoms with E-state index in [2.05, 4.69) is 48.5 Å². The Morgan fingerprint density at radius 1 is 0.786 bits per heavy atom. The Hall–Kier alpha value is -3.24. The lowest BCUT2D eigenvalue weighted by molar-refractivity contribution is -0.0333. The zero-order chi connectivity index (χ0) is 19.2. The number of hydrogen-bond donors (Lipinski definition) is 0. The van der Waals surface area contributed by atoms with Crippen LogP contribution in [0.2, 0.25) is 0 Å². The van der Waals surface area contributed by atoms with E-state index in [1.807, 2.05) is 36.5 Å². The van der Waals surface area contributed by atoms with Gasteiger partial charge in [-0.15, -0.1) is 0 Å². The molecule has 1 aromatic heterocycles. The molecule has 0 aliphatic heterocycles. The molecule has 0 bridgehead atoms. The fourth-order valence-electron chi connectivity index (χ4n) is 3.18. The fourth-order valence-corrected chi connectivity index (χ4v) is 3.18. The van der Waals surface area contributed by atoms with Gasteiger partial charge in [0.05, 0.1) is 5.52 Å². The maximum atomic E-state index is 5.86. The molecule has 3 aromatic carbocycles. The van der Waals surface area contributed by atoms with Crippen LogP contribution in [0.15, 0.2) is 85.1 Å². The summed E-state index contributed by atoms with van der Waals surface area (Å²) in [5.41, 5.74) is 4.71. The maximum Gasteiger partial charge on any atom is 0.214 e. The minimum Gasteiger partial charge on any atom is -0.489 e. The highest BCUT2D eigenvalue weighted by Crippen LogP contribution is 2.21. The van der Waals surface area contributed by atoms with Gasteiger partial charge >= 0.3 is 0 Å². The summed E-state index contributed by atoms with van der Waals surface area (Å²) in [6.45, 7) is 0.809. The van der Waals surface area contributed by atoms with Gasteiger partial charge in [-0.1, -0.05) is 48.5 Å². The summed E-state index contributed by atoms with van der Waals surface area (Å²) in [6, 6.07) is 27.0. The fraction of sp³-hybridized carbons (Fsp3) is 0.167. The lowest BCUT2D eigenvalue weighted by atomic mass is 10.0. The van der Waals surface area contributed by atoms with Crippen LogP contribution in [0.4, 0.5) is 0 Å². The van der Waals surface area contributed by atoms with Gasteiger partial charge in [-0.3, -0.25) is 0 Å². The largest absolute Gasteiger partial charge is 0.489 e. The van der Waals surface area contributed by atoms with Gasteiger partial charge in [0.15, 0.2) is 0 Å². The average molecular weight is 373 g/mol. The molecule has 28 heavy (non-hydrogen) atoms. The second kappa shape index (κ2) is 8.63. The van der Waals surface area contributed by atoms with Crippen molar-refractivity contribution < 1.29 is 14.3 Å². The van der Waals surface area contributed by atoms with Gasteiger partial charge in [-0.25, -0.2) is 0 Å². The minimum absolute atomic E-state index is 0.226. The first-order valence-corrected chi connectivity index (χ1v) is 9.30. The molecule has 0 N–H and O–H groups in total. The number of fused-ring (bicyclic) bond motifs is 1. The molecular formula is C24H23NO3. The van der Waals surface area contributed by atoms with E-state index in [1.54, 1.807) is 11.8 Å². The molecule has 0 fully saturated rings. The molecule has 4 aromatic rings. The first kappa shape index (κ1) is 18.1. The van der Waals surface area contributed by atoms with Crippen molar-refractivity contribution in [3.05, 3.63) is 102 Å². The van der Waals surface area contributed by atoms with Crippen molar-refractivity contribution in [1.29, 1.82) is 0 Å². The van der Waals surface area contributed by atoms with Crippen LogP contribution in [0.1, 0.15) is 16.7 Å². The molecule has 142 valence electrons. The van der Waals surface area contributed by atoms with Crippen molar-refractivity contribution in [1.82, 2.24) is 4.73 Å². The first-order chi connectivity index (χ1) is 13.8. The second-order valence-electron chi connectivity index (χ2n) is 6.67. The van der Waals surface area contributed by atoms with Gasteiger partial charge < -0.3 is 14.3 Å². The lowest BCUT2D eigenvalue weighted by Gasteiger charge is -2.09. The standard InChI is InChI=1S/C24H23NO3/c1-26-18-28-25-14-13-22-16-21(9-12-24(22)25)15-19-7-10-23(11-8-19)27-17-20-5-3-2-4-6-20/h2-14,16H,15,17-18H2,1H3. The molecule has 0 amide bonds. The molecule has 0 atom stereocenters. The first-order valence-electron chi connectivity index (χ1n) is 9.30. The number of benzene rings is 3. The molecule has 0 unspecified atom stereocenters. The van der Waals surface area contributed by atoms with E-state index >= 15 is 0 Å². The molecule has 4 heteroatoms. The van der Waals surface area contributed by atoms with E-state index in [0.29, 0.717) is 6.61 Å². The molecule has 0 saturated carbocycles. The molecule has 1 heterocycles. The van der Waals surface area contributed by atoms with Gasteiger partial charge in [0.1, 0.15) is 12.4 Å². The van der Waals surface area contributed by atoms with Crippen molar-refractivity contribution in [3.8, 4) is 5.75 Å². The van der Waals surface area contributed by atoms with E-state index in [4.69, 9.17) is 14.3 Å². The Labute approximate surface area is 164 Å². The van der Waals surface area contributed by atoms with Gasteiger partial charge in [0.25, 0.3) is 0 Å². The Balaban J connectivity index is 1.39. The number of nitrogens with zero attached hydrogens (tertiary/aromatic N) is 1. The highest BCUT2D eigenvalue weighted by Gasteiger charge is 2.04. The van der Waals surface area contributed by atoms with E-state index in [9.17, 15) is 0 Å². The minimum atomic E-state index is 0.226. The number of ether oxygens (including phenoxy) is 2. The van der Waals surface area contributed by atoms with Crippen molar-refractivity contribution in [2.75, 3.05) is 13.9 Å². The molecule has 0 aliphatic rings. The predicted molar refractivity (Wildman–Crippen MR) is 110 cm³/mol. The summed E-state index contributed by atoms with van der Waals surface area (Å²) in [4.78, 5) is 5.52. The van der Waals surface area contributed by atoms with Crippen LogP contribution in [0.3, 0.4) is 0 Å². The molecule has 0 spiro atoms. The third kappa shape index (κ3) is 4.35. The summed E-state index contributed by atoms with van der Waals surface area (Å²) < 4.78 is 12.6. The maximum absolute atomic E-state index is 5.86. The quantitative estimate of drug-likeness (QED) is 0.414. The molecular weight excluding hydrogens is 350 g/mol. The van der Waals surface area contributed by atoms with Crippen LogP contribution in [0.5, 0.6) is 5.75 Å². The van der Waals surface area contributed by atoms with Crippen molar-refractivity contribution in [2.45, 2.75) is 13.0 Å². The summed E-state index contributed by atoms with van der Waals surface area (Å²) in [6.07, 6.45) is 2.78. The zero-order valence-corrected chi connectivity index (χ0v) is 15.9. The van der Waals surface area contributed by atoms with E-state index in [0.717, 1.165) is 23.1 Å². The molecule has 0 radical (unpaired) electrons. The molecule has 4 rings (SSSR count). The van der Waals surface area contributed by atoms with Crippen LogP contribution in [-0.2, 0) is 17.8 Å². The van der Waals surface area contributed by atoms with E-state index < -0.39 is 0 Å². The summed E-state index contributed by atoms with van der Waals surface area (Å²) >= 11 is 0. The van der Waals surface area contributed by atoms with Crippen LogP contribution in [-0.4, -0.2) is 18.6 Å². The Morgan fingerprint density at radius 3 is 2.36 bits per heavy atom. The zero-order valence-electron chi connectivity index (χ0n) is 15.9. The predicted octanol–water partition coefficient (Wildman–Crippen LogP) is 4.84. The van der Waals surface area contributed by atoms with Crippen LogP contribution < -0.4 is 9.57 Å². The average Bonchev–Trinajstić information content (AvgIpc) is 3.15. The van der Waals surface area contributed by atoms with Gasteiger partial charge in [-0.05, 0) is 53.4 Å². The molecule has 4 nitrogen and oxygen atoms in total. The second-order valence-corrected chi connectivity index (χ2v) is 6.67. The lowest BCUT2D eigenvalue weighted by Crippen LogP contribution is -2.12. The third-order valence-electron chi connectivity index (χ3n) is 4.61. The van der Waals surface area contributed by atoms with Crippen LogP contribution >= 0.6 is 0 Å². The number of methoxy groups -OCH3 is 1. The Kier molecular flexibility index (Phi) is 5.59. The Morgan fingerprint density at radius 2 is 1.57 bits per heavy atom. The van der Waals surface area contributed by atoms with Crippen molar-refractivity contribution in [3.63, 3.8) is 0 Å². The monoisotopic (exact) mass is 373 g/mol. The summed E-state index contributed by atoms with van der Waals surface area (Å²) in [5, 5.41) is 1.15. The van der Waals surface area contributed by atoms with Crippen molar-refractivity contribution >= 4 is 10.9 Å². The van der Waals surface area contributed by atoms with Gasteiger partial charge in [0, 0.05) is 18.7 Å². The van der Waals surface area contributed by atoms with Gasteiger partial charge in [0.2, 0.25) is 6.79 Å². The smallest absolute Gasteiger partial charge is 0.214 e. The van der Waals surface area contributed by atoms with Crippen LogP contribution in [0.25, 0.3) is 10.9 Å². The van der Waals surface area contributed by atoms with Crippen molar-refractivity contribution in [2.24, 2.45) is 0 Å². The molecule has 0 aliphatic carbocycles. The SMILES string of the molecule is COCOn1ccc2cc(Cc3ccc(OCc4ccccc4)cc3)ccc21. The highest BCUT2D eigenvalue weighted by molar-refractivity contribution is 5.80. The number of hydrogen-bond acceptors (Lipinski definition) is 3. The van der Waals surface area contributed by atoms with Crippen LogP contribution in [0, 0.1) is 0 Å². The number of rotatable bonds is 8. The van der Waals surface area contributed by atoms with E-state index in [-0.39, 0.29) is 6.79 Å².